The first-order valence-electron chi connectivity index (χ1n) is 8.31. The van der Waals surface area contributed by atoms with Gasteiger partial charge in [-0.15, -0.1) is 0 Å². The van der Waals surface area contributed by atoms with Crippen LogP contribution in [-0.2, 0) is 16.0 Å². The molecule has 0 radical (unpaired) electrons. The molecule has 0 aliphatic carbocycles. The number of nitrogens with zero attached hydrogens (tertiary/aromatic N) is 3. The van der Waals surface area contributed by atoms with Crippen molar-refractivity contribution in [3.05, 3.63) is 45.1 Å². The van der Waals surface area contributed by atoms with Crippen molar-refractivity contribution in [3.63, 3.8) is 0 Å². The fraction of sp³-hybridized carbons (Fsp3) is 0.353. The van der Waals surface area contributed by atoms with Crippen LogP contribution in [0.25, 0.3) is 0 Å². The molecule has 1 aromatic heterocycles. The number of esters is 1. The molecule has 1 aromatic carbocycles. The van der Waals surface area contributed by atoms with Crippen molar-refractivity contribution < 1.29 is 19.2 Å². The number of non-ortho nitro benzene ring substituents is 1. The van der Waals surface area contributed by atoms with Crippen LogP contribution < -0.4 is 10.2 Å². The van der Waals surface area contributed by atoms with Crippen molar-refractivity contribution in [3.8, 4) is 0 Å². The number of aryl methyl sites for hydroxylation is 2. The fourth-order valence-corrected chi connectivity index (χ4v) is 3.75. The third-order valence-corrected chi connectivity index (χ3v) is 5.27. The van der Waals surface area contributed by atoms with Crippen LogP contribution in [0.4, 0.5) is 16.4 Å². The highest BCUT2D eigenvalue weighted by Gasteiger charge is 2.26. The Labute approximate surface area is 159 Å². The molecule has 0 unspecified atom stereocenters. The SMILES string of the molecule is CNc1snc(C)c1C(=O)OCC(=O)N1CCCc2cc([N+](=O)[O-])ccc21. The van der Waals surface area contributed by atoms with Crippen molar-refractivity contribution in [2.45, 2.75) is 19.8 Å². The number of nitrogens with one attached hydrogen (secondary N) is 1. The number of carbonyl (C=O) groups is 2. The summed E-state index contributed by atoms with van der Waals surface area (Å²) >= 11 is 1.15. The molecule has 142 valence electrons. The number of anilines is 2. The number of nitro groups is 1. The zero-order valence-corrected chi connectivity index (χ0v) is 15.7. The highest BCUT2D eigenvalue weighted by molar-refractivity contribution is 7.10. The van der Waals surface area contributed by atoms with Crippen LogP contribution in [-0.4, -0.2) is 41.4 Å². The quantitative estimate of drug-likeness (QED) is 0.474. The number of ether oxygens (including phenoxy) is 1. The van der Waals surface area contributed by atoms with E-state index in [9.17, 15) is 19.7 Å². The minimum atomic E-state index is -0.611. The average molecular weight is 390 g/mol. The largest absolute Gasteiger partial charge is 0.452 e. The second-order valence-corrected chi connectivity index (χ2v) is 6.79. The Morgan fingerprint density at radius 2 is 2.22 bits per heavy atom. The molecule has 2 aromatic rings. The predicted octanol–water partition coefficient (Wildman–Crippen LogP) is 2.54. The minimum absolute atomic E-state index is 0.00509. The third kappa shape index (κ3) is 3.75. The number of fused-ring (bicyclic) bond motifs is 1. The second kappa shape index (κ2) is 7.70. The topological polar surface area (TPSA) is 115 Å². The maximum atomic E-state index is 12.6. The monoisotopic (exact) mass is 390 g/mol. The summed E-state index contributed by atoms with van der Waals surface area (Å²) in [5.74, 6) is -0.982. The summed E-state index contributed by atoms with van der Waals surface area (Å²) < 4.78 is 9.30. The van der Waals surface area contributed by atoms with Gasteiger partial charge in [-0.1, -0.05) is 0 Å². The van der Waals surface area contributed by atoms with Gasteiger partial charge in [-0.3, -0.25) is 14.9 Å². The molecule has 1 amide bonds. The summed E-state index contributed by atoms with van der Waals surface area (Å²) in [5, 5.41) is 14.4. The molecule has 10 heteroatoms. The van der Waals surface area contributed by atoms with E-state index in [1.165, 1.54) is 17.0 Å². The smallest absolute Gasteiger partial charge is 0.343 e. The molecule has 27 heavy (non-hydrogen) atoms. The number of rotatable bonds is 5. The zero-order valence-electron chi connectivity index (χ0n) is 14.9. The summed E-state index contributed by atoms with van der Waals surface area (Å²) in [4.78, 5) is 36.9. The number of carbonyl (C=O) groups excluding carboxylic acids is 2. The van der Waals surface area contributed by atoms with E-state index in [0.717, 1.165) is 17.1 Å². The van der Waals surface area contributed by atoms with Gasteiger partial charge in [0.25, 0.3) is 11.6 Å². The molecule has 0 bridgehead atoms. The summed E-state index contributed by atoms with van der Waals surface area (Å²) in [5.41, 5.74) is 2.22. The number of benzene rings is 1. The maximum Gasteiger partial charge on any atom is 0.343 e. The number of hydrogen-bond donors (Lipinski definition) is 1. The van der Waals surface area contributed by atoms with Crippen LogP contribution >= 0.6 is 11.5 Å². The van der Waals surface area contributed by atoms with Gasteiger partial charge in [-0.05, 0) is 42.9 Å². The number of nitro benzene ring substituents is 1. The molecule has 0 saturated carbocycles. The molecule has 0 fully saturated rings. The molecule has 9 nitrogen and oxygen atoms in total. The number of hydrogen-bond acceptors (Lipinski definition) is 8. The molecule has 0 spiro atoms. The fourth-order valence-electron chi connectivity index (χ4n) is 3.01. The van der Waals surface area contributed by atoms with E-state index in [2.05, 4.69) is 9.69 Å². The van der Waals surface area contributed by atoms with Crippen molar-refractivity contribution in [2.75, 3.05) is 30.4 Å². The van der Waals surface area contributed by atoms with Crippen molar-refractivity contribution in [1.82, 2.24) is 4.37 Å². The molecule has 2 heterocycles. The maximum absolute atomic E-state index is 12.6. The molecule has 0 atom stereocenters. The zero-order chi connectivity index (χ0) is 19.6. The Morgan fingerprint density at radius 3 is 2.93 bits per heavy atom. The Bertz CT molecular complexity index is 911. The van der Waals surface area contributed by atoms with E-state index in [1.807, 2.05) is 0 Å². The van der Waals surface area contributed by atoms with Crippen LogP contribution in [0.3, 0.4) is 0 Å². The van der Waals surface area contributed by atoms with Crippen LogP contribution in [0.5, 0.6) is 0 Å². The second-order valence-electron chi connectivity index (χ2n) is 6.02. The van der Waals surface area contributed by atoms with E-state index >= 15 is 0 Å². The first-order chi connectivity index (χ1) is 12.9. The lowest BCUT2D eigenvalue weighted by Gasteiger charge is -2.29. The molecule has 1 aliphatic rings. The van der Waals surface area contributed by atoms with Crippen molar-refractivity contribution >= 4 is 39.8 Å². The summed E-state index contributed by atoms with van der Waals surface area (Å²) in [6.07, 6.45) is 1.34. The number of aromatic nitrogens is 1. The van der Waals surface area contributed by atoms with Gasteiger partial charge >= 0.3 is 5.97 Å². The molecule has 1 N–H and O–H groups in total. The van der Waals surface area contributed by atoms with Crippen LogP contribution in [0.1, 0.15) is 28.0 Å². The van der Waals surface area contributed by atoms with E-state index in [-0.39, 0.29) is 11.6 Å². The highest BCUT2D eigenvalue weighted by atomic mass is 32.1. The van der Waals surface area contributed by atoms with Gasteiger partial charge in [0.2, 0.25) is 0 Å². The first kappa shape index (κ1) is 18.8. The summed E-state index contributed by atoms with van der Waals surface area (Å²) in [7, 11) is 1.68. The Balaban J connectivity index is 1.72. The normalized spacial score (nSPS) is 13.0. The average Bonchev–Trinajstić information content (AvgIpc) is 3.05. The molecular formula is C17H18N4O5S. The van der Waals surface area contributed by atoms with E-state index in [4.69, 9.17) is 4.74 Å². The van der Waals surface area contributed by atoms with Gasteiger partial charge in [0, 0.05) is 31.4 Å². The lowest BCUT2D eigenvalue weighted by molar-refractivity contribution is -0.384. The van der Waals surface area contributed by atoms with Crippen molar-refractivity contribution in [2.24, 2.45) is 0 Å². The summed E-state index contributed by atoms with van der Waals surface area (Å²) in [6.45, 7) is 1.76. The molecule has 3 rings (SSSR count). The van der Waals surface area contributed by atoms with Crippen LogP contribution in [0.15, 0.2) is 18.2 Å². The van der Waals surface area contributed by atoms with E-state index in [0.29, 0.717) is 41.3 Å². The van der Waals surface area contributed by atoms with Gasteiger partial charge in [-0.25, -0.2) is 4.79 Å². The Kier molecular flexibility index (Phi) is 5.36. The Hall–Kier alpha value is -3.01. The standard InChI is InChI=1S/C17H18N4O5S/c1-10-15(16(18-2)27-19-10)17(23)26-9-14(22)20-7-3-4-11-8-12(21(24)25)5-6-13(11)20/h5-6,8,18H,3-4,7,9H2,1-2H3. The van der Waals surface area contributed by atoms with Gasteiger partial charge in [0.05, 0.1) is 10.6 Å². The summed E-state index contributed by atoms with van der Waals surface area (Å²) in [6, 6.07) is 4.43. The van der Waals surface area contributed by atoms with Gasteiger partial charge in [0.1, 0.15) is 10.6 Å². The van der Waals surface area contributed by atoms with Gasteiger partial charge in [-0.2, -0.15) is 4.37 Å². The van der Waals surface area contributed by atoms with E-state index < -0.39 is 17.5 Å². The third-order valence-electron chi connectivity index (χ3n) is 4.31. The molecular weight excluding hydrogens is 372 g/mol. The lowest BCUT2D eigenvalue weighted by Crippen LogP contribution is -2.38. The minimum Gasteiger partial charge on any atom is -0.452 e. The highest BCUT2D eigenvalue weighted by Crippen LogP contribution is 2.30. The predicted molar refractivity (Wildman–Crippen MR) is 100 cm³/mol. The molecule has 1 aliphatic heterocycles. The Morgan fingerprint density at radius 1 is 1.44 bits per heavy atom. The van der Waals surface area contributed by atoms with Gasteiger partial charge in [0.15, 0.2) is 6.61 Å². The van der Waals surface area contributed by atoms with Crippen LogP contribution in [0.2, 0.25) is 0 Å². The first-order valence-corrected chi connectivity index (χ1v) is 9.08. The number of amides is 1. The van der Waals surface area contributed by atoms with Gasteiger partial charge < -0.3 is 15.0 Å². The lowest BCUT2D eigenvalue weighted by atomic mass is 10.0. The van der Waals surface area contributed by atoms with E-state index in [1.54, 1.807) is 20.0 Å². The molecule has 0 saturated heterocycles. The van der Waals surface area contributed by atoms with Crippen LogP contribution in [0, 0.1) is 17.0 Å². The van der Waals surface area contributed by atoms with Crippen molar-refractivity contribution in [1.29, 1.82) is 0 Å².